The smallest absolute Gasteiger partial charge is 0.249 e. The number of halogens is 1. The minimum atomic E-state index is 0.472. The molecule has 1 saturated heterocycles. The predicted octanol–water partition coefficient (Wildman–Crippen LogP) is 2.12. The first-order valence-corrected chi connectivity index (χ1v) is 8.35. The summed E-state index contributed by atoms with van der Waals surface area (Å²) in [5, 5.41) is 14.4. The highest BCUT2D eigenvalue weighted by Gasteiger charge is 2.09. The molecule has 3 rings (SSSR count). The normalized spacial score (nSPS) is 15.3. The molecule has 0 atom stereocenters. The molecule has 0 spiro atoms. The van der Waals surface area contributed by atoms with Crippen molar-refractivity contribution in [3.63, 3.8) is 0 Å². The molecule has 1 aliphatic rings. The summed E-state index contributed by atoms with van der Waals surface area (Å²) in [4.78, 5) is 6.79. The van der Waals surface area contributed by atoms with Crippen molar-refractivity contribution in [2.24, 2.45) is 0 Å². The highest BCUT2D eigenvalue weighted by atomic mass is 79.9. The standard InChI is InChI=1S/C15H19BrN6O/c16-12-2-1-3-13(10-12)19-15-20-14(11-18-21-15)17-4-5-22-6-8-23-9-7-22/h1-3,10-11H,4-9H2,(H2,17,19,20,21). The van der Waals surface area contributed by atoms with Crippen molar-refractivity contribution in [3.05, 3.63) is 34.9 Å². The number of hydrogen-bond donors (Lipinski definition) is 2. The molecule has 1 fully saturated rings. The van der Waals surface area contributed by atoms with Crippen molar-refractivity contribution < 1.29 is 4.74 Å². The van der Waals surface area contributed by atoms with E-state index in [1.165, 1.54) is 0 Å². The van der Waals surface area contributed by atoms with E-state index in [4.69, 9.17) is 4.74 Å². The van der Waals surface area contributed by atoms with Crippen LogP contribution in [0.15, 0.2) is 34.9 Å². The van der Waals surface area contributed by atoms with Crippen molar-refractivity contribution in [1.29, 1.82) is 0 Å². The average molecular weight is 379 g/mol. The first-order chi connectivity index (χ1) is 11.3. The summed E-state index contributed by atoms with van der Waals surface area (Å²) in [5.41, 5.74) is 0.909. The van der Waals surface area contributed by atoms with E-state index in [1.54, 1.807) is 6.20 Å². The first kappa shape index (κ1) is 16.1. The van der Waals surface area contributed by atoms with Gasteiger partial charge in [0.15, 0.2) is 5.82 Å². The van der Waals surface area contributed by atoms with Gasteiger partial charge in [-0.2, -0.15) is 10.1 Å². The van der Waals surface area contributed by atoms with E-state index in [0.29, 0.717) is 11.8 Å². The Labute approximate surface area is 143 Å². The lowest BCUT2D eigenvalue weighted by Gasteiger charge is -2.26. The van der Waals surface area contributed by atoms with Gasteiger partial charge in [-0.3, -0.25) is 4.90 Å². The van der Waals surface area contributed by atoms with Crippen LogP contribution in [0.2, 0.25) is 0 Å². The minimum Gasteiger partial charge on any atom is -0.379 e. The molecule has 0 aliphatic carbocycles. The van der Waals surface area contributed by atoms with E-state index >= 15 is 0 Å². The van der Waals surface area contributed by atoms with E-state index < -0.39 is 0 Å². The Kier molecular flexibility index (Phi) is 5.73. The lowest BCUT2D eigenvalue weighted by molar-refractivity contribution is 0.0398. The number of ether oxygens (including phenoxy) is 1. The molecule has 2 heterocycles. The van der Waals surface area contributed by atoms with Crippen LogP contribution >= 0.6 is 15.9 Å². The van der Waals surface area contributed by atoms with Crippen LogP contribution in [0.4, 0.5) is 17.5 Å². The van der Waals surface area contributed by atoms with E-state index in [9.17, 15) is 0 Å². The van der Waals surface area contributed by atoms with Crippen molar-refractivity contribution in [2.45, 2.75) is 0 Å². The highest BCUT2D eigenvalue weighted by Crippen LogP contribution is 2.18. The van der Waals surface area contributed by atoms with Crippen LogP contribution in [0.5, 0.6) is 0 Å². The fourth-order valence-corrected chi connectivity index (χ4v) is 2.70. The minimum absolute atomic E-state index is 0.472. The summed E-state index contributed by atoms with van der Waals surface area (Å²) < 4.78 is 6.34. The second kappa shape index (κ2) is 8.19. The van der Waals surface area contributed by atoms with Crippen LogP contribution in [0.3, 0.4) is 0 Å². The third-order valence-electron chi connectivity index (χ3n) is 3.48. The van der Waals surface area contributed by atoms with E-state index in [-0.39, 0.29) is 0 Å². The van der Waals surface area contributed by atoms with Gasteiger partial charge in [-0.15, -0.1) is 5.10 Å². The van der Waals surface area contributed by atoms with Gasteiger partial charge in [-0.25, -0.2) is 0 Å². The average Bonchev–Trinajstić information content (AvgIpc) is 2.56. The van der Waals surface area contributed by atoms with Crippen molar-refractivity contribution >= 4 is 33.4 Å². The maximum absolute atomic E-state index is 5.34. The maximum Gasteiger partial charge on any atom is 0.249 e. The van der Waals surface area contributed by atoms with Crippen molar-refractivity contribution in [3.8, 4) is 0 Å². The monoisotopic (exact) mass is 378 g/mol. The van der Waals surface area contributed by atoms with Crippen LogP contribution in [0.25, 0.3) is 0 Å². The molecule has 0 radical (unpaired) electrons. The van der Waals surface area contributed by atoms with Gasteiger partial charge in [-0.05, 0) is 18.2 Å². The molecule has 1 aromatic heterocycles. The van der Waals surface area contributed by atoms with Gasteiger partial charge in [0.05, 0.1) is 19.4 Å². The number of benzene rings is 1. The summed E-state index contributed by atoms with van der Waals surface area (Å²) in [7, 11) is 0. The number of morpholine rings is 1. The Hall–Kier alpha value is -1.77. The molecule has 0 amide bonds. The topological polar surface area (TPSA) is 75.2 Å². The number of aromatic nitrogens is 3. The van der Waals surface area contributed by atoms with Crippen LogP contribution in [0, 0.1) is 0 Å². The molecule has 2 N–H and O–H groups in total. The van der Waals surface area contributed by atoms with Crippen LogP contribution < -0.4 is 10.6 Å². The maximum atomic E-state index is 5.34. The van der Waals surface area contributed by atoms with Gasteiger partial charge >= 0.3 is 0 Å². The van der Waals surface area contributed by atoms with Gasteiger partial charge in [0.2, 0.25) is 5.95 Å². The third kappa shape index (κ3) is 5.12. The summed E-state index contributed by atoms with van der Waals surface area (Å²) in [6, 6.07) is 7.83. The van der Waals surface area contributed by atoms with Gasteiger partial charge in [0.1, 0.15) is 0 Å². The largest absolute Gasteiger partial charge is 0.379 e. The van der Waals surface area contributed by atoms with Crippen molar-refractivity contribution in [2.75, 3.05) is 50.0 Å². The fraction of sp³-hybridized carbons (Fsp3) is 0.400. The lowest BCUT2D eigenvalue weighted by Crippen LogP contribution is -2.39. The highest BCUT2D eigenvalue weighted by molar-refractivity contribution is 9.10. The number of rotatable bonds is 6. The SMILES string of the molecule is Brc1cccc(Nc2nncc(NCCN3CCOCC3)n2)c1. The zero-order chi connectivity index (χ0) is 15.9. The second-order valence-electron chi connectivity index (χ2n) is 5.18. The lowest BCUT2D eigenvalue weighted by atomic mass is 10.3. The summed E-state index contributed by atoms with van der Waals surface area (Å²) in [6.07, 6.45) is 1.63. The predicted molar refractivity (Wildman–Crippen MR) is 93.0 cm³/mol. The van der Waals surface area contributed by atoms with Crippen molar-refractivity contribution in [1.82, 2.24) is 20.1 Å². The Morgan fingerprint density at radius 1 is 1.26 bits per heavy atom. The van der Waals surface area contributed by atoms with Crippen LogP contribution in [0.1, 0.15) is 0 Å². The second-order valence-corrected chi connectivity index (χ2v) is 6.10. The van der Waals surface area contributed by atoms with E-state index in [2.05, 4.69) is 46.6 Å². The van der Waals surface area contributed by atoms with Gasteiger partial charge in [-0.1, -0.05) is 22.0 Å². The zero-order valence-corrected chi connectivity index (χ0v) is 14.3. The van der Waals surface area contributed by atoms with Gasteiger partial charge < -0.3 is 15.4 Å². The van der Waals surface area contributed by atoms with Crippen LogP contribution in [-0.2, 0) is 4.74 Å². The molecule has 0 unspecified atom stereocenters. The summed E-state index contributed by atoms with van der Waals surface area (Å²) in [6.45, 7) is 5.38. The van der Waals surface area contributed by atoms with E-state index in [1.807, 2.05) is 24.3 Å². The molecule has 23 heavy (non-hydrogen) atoms. The molecule has 8 heteroatoms. The Morgan fingerprint density at radius 2 is 2.13 bits per heavy atom. The molecule has 2 aromatic rings. The first-order valence-electron chi connectivity index (χ1n) is 7.56. The van der Waals surface area contributed by atoms with Gasteiger partial charge in [0, 0.05) is 36.3 Å². The molecule has 0 saturated carbocycles. The summed E-state index contributed by atoms with van der Waals surface area (Å²) in [5.74, 6) is 1.19. The summed E-state index contributed by atoms with van der Waals surface area (Å²) >= 11 is 3.44. The Morgan fingerprint density at radius 3 is 2.96 bits per heavy atom. The Balaban J connectivity index is 1.52. The molecular weight excluding hydrogens is 360 g/mol. The number of hydrogen-bond acceptors (Lipinski definition) is 7. The zero-order valence-electron chi connectivity index (χ0n) is 12.7. The molecule has 1 aromatic carbocycles. The number of anilines is 3. The number of nitrogens with one attached hydrogen (secondary N) is 2. The van der Waals surface area contributed by atoms with Gasteiger partial charge in [0.25, 0.3) is 0 Å². The fourth-order valence-electron chi connectivity index (χ4n) is 2.30. The molecule has 7 nitrogen and oxygen atoms in total. The van der Waals surface area contributed by atoms with E-state index in [0.717, 1.165) is 49.6 Å². The molecular formula is C15H19BrN6O. The molecule has 0 bridgehead atoms. The molecule has 1 aliphatic heterocycles. The quantitative estimate of drug-likeness (QED) is 0.796. The Bertz CT molecular complexity index is 635. The van der Waals surface area contributed by atoms with Crippen LogP contribution in [-0.4, -0.2) is 59.5 Å². The molecule has 122 valence electrons. The number of nitrogens with zero attached hydrogens (tertiary/aromatic N) is 4. The third-order valence-corrected chi connectivity index (χ3v) is 3.97.